The standard InChI is InChI=1S/C16H22N4O3/c1-11(21)18-13-2-4-14(5-3-13)19-15(22)10-20-8-6-12(7-9-20)16(17)23/h2-5,12H,6-10H2,1H3,(H2,17,23)(H,18,21)(H,19,22). The highest BCUT2D eigenvalue weighted by molar-refractivity contribution is 5.93. The molecule has 1 aliphatic heterocycles. The lowest BCUT2D eigenvalue weighted by Gasteiger charge is -2.29. The maximum atomic E-state index is 12.0. The number of rotatable bonds is 5. The summed E-state index contributed by atoms with van der Waals surface area (Å²) >= 11 is 0. The quantitative estimate of drug-likeness (QED) is 0.746. The third-order valence-electron chi connectivity index (χ3n) is 3.85. The van der Waals surface area contributed by atoms with Crippen LogP contribution in [0.25, 0.3) is 0 Å². The molecule has 4 N–H and O–H groups in total. The summed E-state index contributed by atoms with van der Waals surface area (Å²) in [7, 11) is 0. The molecule has 0 spiro atoms. The maximum absolute atomic E-state index is 12.0. The average molecular weight is 318 g/mol. The van der Waals surface area contributed by atoms with Gasteiger partial charge in [0.2, 0.25) is 17.7 Å². The summed E-state index contributed by atoms with van der Waals surface area (Å²) in [6, 6.07) is 6.94. The highest BCUT2D eigenvalue weighted by atomic mass is 16.2. The number of anilines is 2. The topological polar surface area (TPSA) is 105 Å². The van der Waals surface area contributed by atoms with Crippen LogP contribution in [0.5, 0.6) is 0 Å². The van der Waals surface area contributed by atoms with Crippen molar-refractivity contribution in [3.8, 4) is 0 Å². The molecule has 0 bridgehead atoms. The van der Waals surface area contributed by atoms with E-state index in [0.29, 0.717) is 43.9 Å². The number of hydrogen-bond acceptors (Lipinski definition) is 4. The van der Waals surface area contributed by atoms with Gasteiger partial charge in [-0.25, -0.2) is 0 Å². The number of nitrogens with zero attached hydrogens (tertiary/aromatic N) is 1. The molecule has 0 saturated carbocycles. The summed E-state index contributed by atoms with van der Waals surface area (Å²) in [6.45, 7) is 3.13. The van der Waals surface area contributed by atoms with Crippen molar-refractivity contribution in [2.24, 2.45) is 11.7 Å². The Bertz CT molecular complexity index is 577. The van der Waals surface area contributed by atoms with E-state index in [1.165, 1.54) is 6.92 Å². The van der Waals surface area contributed by atoms with Crippen molar-refractivity contribution in [3.63, 3.8) is 0 Å². The number of nitrogens with one attached hydrogen (secondary N) is 2. The van der Waals surface area contributed by atoms with E-state index in [4.69, 9.17) is 5.73 Å². The third-order valence-corrected chi connectivity index (χ3v) is 3.85. The monoisotopic (exact) mass is 318 g/mol. The van der Waals surface area contributed by atoms with Crippen molar-refractivity contribution in [1.29, 1.82) is 0 Å². The molecule has 1 fully saturated rings. The van der Waals surface area contributed by atoms with E-state index in [-0.39, 0.29) is 23.6 Å². The molecule has 23 heavy (non-hydrogen) atoms. The highest BCUT2D eigenvalue weighted by Gasteiger charge is 2.24. The maximum Gasteiger partial charge on any atom is 0.238 e. The molecule has 7 heteroatoms. The number of likely N-dealkylation sites (tertiary alicyclic amines) is 1. The summed E-state index contributed by atoms with van der Waals surface area (Å²) in [4.78, 5) is 36.1. The fourth-order valence-corrected chi connectivity index (χ4v) is 2.62. The largest absolute Gasteiger partial charge is 0.369 e. The molecule has 1 heterocycles. The molecule has 1 aromatic rings. The van der Waals surface area contributed by atoms with Gasteiger partial charge in [0.25, 0.3) is 0 Å². The average Bonchev–Trinajstić information content (AvgIpc) is 2.49. The second-order valence-corrected chi connectivity index (χ2v) is 5.76. The molecule has 1 aliphatic rings. The fourth-order valence-electron chi connectivity index (χ4n) is 2.62. The smallest absolute Gasteiger partial charge is 0.238 e. The second kappa shape index (κ2) is 7.73. The van der Waals surface area contributed by atoms with E-state index in [0.717, 1.165) is 0 Å². The van der Waals surface area contributed by atoms with Gasteiger partial charge in [-0.1, -0.05) is 0 Å². The summed E-state index contributed by atoms with van der Waals surface area (Å²) < 4.78 is 0. The number of piperidine rings is 1. The van der Waals surface area contributed by atoms with Crippen LogP contribution >= 0.6 is 0 Å². The molecule has 0 aromatic heterocycles. The van der Waals surface area contributed by atoms with Gasteiger partial charge in [-0.15, -0.1) is 0 Å². The van der Waals surface area contributed by atoms with Crippen LogP contribution in [0.15, 0.2) is 24.3 Å². The Morgan fingerprint density at radius 3 is 2.09 bits per heavy atom. The minimum Gasteiger partial charge on any atom is -0.369 e. The van der Waals surface area contributed by atoms with Gasteiger partial charge in [-0.2, -0.15) is 0 Å². The van der Waals surface area contributed by atoms with Crippen LogP contribution in [0.1, 0.15) is 19.8 Å². The number of carbonyl (C=O) groups excluding carboxylic acids is 3. The van der Waals surface area contributed by atoms with Crippen LogP contribution in [0, 0.1) is 5.92 Å². The zero-order valence-electron chi connectivity index (χ0n) is 13.2. The molecule has 0 aliphatic carbocycles. The molecule has 0 unspecified atom stereocenters. The van der Waals surface area contributed by atoms with E-state index >= 15 is 0 Å². The number of amides is 3. The first-order valence-electron chi connectivity index (χ1n) is 7.63. The summed E-state index contributed by atoms with van der Waals surface area (Å²) in [5, 5.41) is 5.49. The van der Waals surface area contributed by atoms with Crippen molar-refractivity contribution in [1.82, 2.24) is 4.90 Å². The molecule has 2 rings (SSSR count). The van der Waals surface area contributed by atoms with Crippen molar-refractivity contribution in [2.75, 3.05) is 30.3 Å². The van der Waals surface area contributed by atoms with Gasteiger partial charge >= 0.3 is 0 Å². The van der Waals surface area contributed by atoms with Gasteiger partial charge in [0, 0.05) is 24.2 Å². The first kappa shape index (κ1) is 17.0. The molecule has 1 saturated heterocycles. The third kappa shape index (κ3) is 5.37. The first-order chi connectivity index (χ1) is 10.9. The number of benzene rings is 1. The first-order valence-corrected chi connectivity index (χ1v) is 7.63. The molecule has 0 radical (unpaired) electrons. The van der Waals surface area contributed by atoms with Crippen molar-refractivity contribution >= 4 is 29.1 Å². The predicted octanol–water partition coefficient (Wildman–Crippen LogP) is 0.781. The zero-order valence-corrected chi connectivity index (χ0v) is 13.2. The minimum atomic E-state index is -0.256. The van der Waals surface area contributed by atoms with Crippen LogP contribution in [0.4, 0.5) is 11.4 Å². The minimum absolute atomic E-state index is 0.0735. The lowest BCUT2D eigenvalue weighted by molar-refractivity contribution is -0.123. The molecule has 7 nitrogen and oxygen atoms in total. The Morgan fingerprint density at radius 1 is 1.09 bits per heavy atom. The van der Waals surface area contributed by atoms with E-state index in [2.05, 4.69) is 10.6 Å². The Morgan fingerprint density at radius 2 is 1.61 bits per heavy atom. The van der Waals surface area contributed by atoms with Crippen LogP contribution < -0.4 is 16.4 Å². The predicted molar refractivity (Wildman–Crippen MR) is 87.7 cm³/mol. The van der Waals surface area contributed by atoms with E-state index in [1.807, 2.05) is 4.90 Å². The number of primary amides is 1. The van der Waals surface area contributed by atoms with Gasteiger partial charge in [0.05, 0.1) is 6.54 Å². The SMILES string of the molecule is CC(=O)Nc1ccc(NC(=O)CN2CCC(C(N)=O)CC2)cc1. The highest BCUT2D eigenvalue weighted by Crippen LogP contribution is 2.17. The van der Waals surface area contributed by atoms with Crippen molar-refractivity contribution in [3.05, 3.63) is 24.3 Å². The van der Waals surface area contributed by atoms with Gasteiger partial charge in [0.15, 0.2) is 0 Å². The summed E-state index contributed by atoms with van der Waals surface area (Å²) in [5.41, 5.74) is 6.66. The Hall–Kier alpha value is -2.41. The molecule has 0 atom stereocenters. The number of nitrogens with two attached hydrogens (primary N) is 1. The molecule has 1 aromatic carbocycles. The van der Waals surface area contributed by atoms with Gasteiger partial charge < -0.3 is 16.4 Å². The van der Waals surface area contributed by atoms with Crippen LogP contribution in [-0.2, 0) is 14.4 Å². The van der Waals surface area contributed by atoms with E-state index < -0.39 is 0 Å². The van der Waals surface area contributed by atoms with Gasteiger partial charge in [0.1, 0.15) is 0 Å². The normalized spacial score (nSPS) is 15.9. The van der Waals surface area contributed by atoms with Crippen molar-refractivity contribution in [2.45, 2.75) is 19.8 Å². The van der Waals surface area contributed by atoms with Crippen molar-refractivity contribution < 1.29 is 14.4 Å². The second-order valence-electron chi connectivity index (χ2n) is 5.76. The van der Waals surface area contributed by atoms with Crippen LogP contribution in [0.3, 0.4) is 0 Å². The molecular formula is C16H22N4O3. The summed E-state index contributed by atoms with van der Waals surface area (Å²) in [6.07, 6.45) is 1.40. The number of carbonyl (C=O) groups is 3. The summed E-state index contributed by atoms with van der Waals surface area (Å²) in [5.74, 6) is -0.569. The Kier molecular flexibility index (Phi) is 5.70. The van der Waals surface area contributed by atoms with Crippen LogP contribution in [-0.4, -0.2) is 42.3 Å². The lowest BCUT2D eigenvalue weighted by Crippen LogP contribution is -2.42. The van der Waals surface area contributed by atoms with Gasteiger partial charge in [-0.05, 0) is 50.2 Å². The van der Waals surface area contributed by atoms with Gasteiger partial charge in [-0.3, -0.25) is 19.3 Å². The lowest BCUT2D eigenvalue weighted by atomic mass is 9.96. The van der Waals surface area contributed by atoms with E-state index in [9.17, 15) is 14.4 Å². The van der Waals surface area contributed by atoms with E-state index in [1.54, 1.807) is 24.3 Å². The number of hydrogen-bond donors (Lipinski definition) is 3. The zero-order chi connectivity index (χ0) is 16.8. The Labute approximate surface area is 135 Å². The fraction of sp³-hybridized carbons (Fsp3) is 0.438. The van der Waals surface area contributed by atoms with Crippen LogP contribution in [0.2, 0.25) is 0 Å². The Balaban J connectivity index is 1.79. The molecule has 3 amide bonds. The molecule has 124 valence electrons. The molecular weight excluding hydrogens is 296 g/mol.